The Morgan fingerprint density at radius 2 is 2.25 bits per heavy atom. The van der Waals surface area contributed by atoms with E-state index in [0.29, 0.717) is 6.04 Å². The second-order valence-corrected chi connectivity index (χ2v) is 4.56. The molecule has 1 N–H and O–H groups in total. The van der Waals surface area contributed by atoms with E-state index < -0.39 is 0 Å². The molecule has 1 aliphatic rings. The summed E-state index contributed by atoms with van der Waals surface area (Å²) in [6.45, 7) is 3.26. The van der Waals surface area contributed by atoms with Crippen LogP contribution in [-0.2, 0) is 13.0 Å². The van der Waals surface area contributed by atoms with Gasteiger partial charge in [-0.15, -0.1) is 0 Å². The highest BCUT2D eigenvalue weighted by molar-refractivity contribution is 5.37. The lowest BCUT2D eigenvalue weighted by atomic mass is 9.93. The second kappa shape index (κ2) is 5.35. The number of benzene rings is 1. The zero-order valence-corrected chi connectivity index (χ0v) is 10.3. The molecule has 2 heteroatoms. The summed E-state index contributed by atoms with van der Waals surface area (Å²) in [7, 11) is 1.73. The third-order valence-corrected chi connectivity index (χ3v) is 3.37. The molecule has 0 aliphatic carbocycles. The van der Waals surface area contributed by atoms with Gasteiger partial charge in [-0.25, -0.2) is 0 Å². The van der Waals surface area contributed by atoms with Crippen molar-refractivity contribution in [1.82, 2.24) is 5.32 Å². The maximum absolute atomic E-state index is 5.28. The van der Waals surface area contributed by atoms with Gasteiger partial charge in [0.1, 0.15) is 5.75 Å². The Balaban J connectivity index is 2.06. The molecule has 0 saturated heterocycles. The Labute approximate surface area is 98.0 Å². The molecular formula is C14H21NO. The Morgan fingerprint density at radius 1 is 1.38 bits per heavy atom. The van der Waals surface area contributed by atoms with Gasteiger partial charge in [-0.2, -0.15) is 0 Å². The van der Waals surface area contributed by atoms with Crippen molar-refractivity contribution in [3.8, 4) is 5.75 Å². The molecule has 0 saturated carbocycles. The molecule has 0 unspecified atom stereocenters. The van der Waals surface area contributed by atoms with Gasteiger partial charge in [-0.1, -0.05) is 25.8 Å². The standard InChI is InChI=1S/C14H21NO/c1-3-4-5-13-8-12-9-14(16-2)7-6-11(12)10-15-13/h6-7,9,13,15H,3-5,8,10H2,1-2H3/t13-/m0/s1. The smallest absolute Gasteiger partial charge is 0.119 e. The largest absolute Gasteiger partial charge is 0.497 e. The summed E-state index contributed by atoms with van der Waals surface area (Å²) in [4.78, 5) is 0. The van der Waals surface area contributed by atoms with Gasteiger partial charge < -0.3 is 10.1 Å². The zero-order valence-electron chi connectivity index (χ0n) is 10.3. The Morgan fingerprint density at radius 3 is 3.00 bits per heavy atom. The number of nitrogens with one attached hydrogen (secondary N) is 1. The molecule has 88 valence electrons. The molecule has 0 aromatic heterocycles. The lowest BCUT2D eigenvalue weighted by molar-refractivity contribution is 0.408. The number of methoxy groups -OCH3 is 1. The minimum absolute atomic E-state index is 0.652. The third-order valence-electron chi connectivity index (χ3n) is 3.37. The van der Waals surface area contributed by atoms with Crippen molar-refractivity contribution in [2.24, 2.45) is 0 Å². The lowest BCUT2D eigenvalue weighted by Gasteiger charge is -2.26. The van der Waals surface area contributed by atoms with E-state index in [9.17, 15) is 0 Å². The highest BCUT2D eigenvalue weighted by atomic mass is 16.5. The van der Waals surface area contributed by atoms with Crippen molar-refractivity contribution in [2.75, 3.05) is 7.11 Å². The first-order valence-corrected chi connectivity index (χ1v) is 6.22. The van der Waals surface area contributed by atoms with Crippen LogP contribution < -0.4 is 10.1 Å². The number of unbranched alkanes of at least 4 members (excludes halogenated alkanes) is 1. The van der Waals surface area contributed by atoms with Crippen LogP contribution in [0.3, 0.4) is 0 Å². The van der Waals surface area contributed by atoms with Gasteiger partial charge in [0.2, 0.25) is 0 Å². The van der Waals surface area contributed by atoms with E-state index in [2.05, 4.69) is 24.4 Å². The minimum atomic E-state index is 0.652. The molecule has 0 bridgehead atoms. The molecule has 1 heterocycles. The topological polar surface area (TPSA) is 21.3 Å². The normalized spacial score (nSPS) is 19.2. The van der Waals surface area contributed by atoms with Crippen molar-refractivity contribution < 1.29 is 4.74 Å². The van der Waals surface area contributed by atoms with E-state index in [0.717, 1.165) is 18.7 Å². The highest BCUT2D eigenvalue weighted by Crippen LogP contribution is 2.23. The van der Waals surface area contributed by atoms with Crippen LogP contribution in [0.4, 0.5) is 0 Å². The van der Waals surface area contributed by atoms with Crippen LogP contribution in [-0.4, -0.2) is 13.2 Å². The fourth-order valence-electron chi connectivity index (χ4n) is 2.34. The van der Waals surface area contributed by atoms with Gasteiger partial charge in [0, 0.05) is 12.6 Å². The van der Waals surface area contributed by atoms with Crippen molar-refractivity contribution in [3.63, 3.8) is 0 Å². The van der Waals surface area contributed by atoms with E-state index >= 15 is 0 Å². The van der Waals surface area contributed by atoms with Crippen molar-refractivity contribution in [1.29, 1.82) is 0 Å². The molecule has 1 aliphatic heterocycles. The average molecular weight is 219 g/mol. The molecule has 0 radical (unpaired) electrons. The van der Waals surface area contributed by atoms with Gasteiger partial charge >= 0.3 is 0 Å². The van der Waals surface area contributed by atoms with Crippen molar-refractivity contribution in [2.45, 2.75) is 45.2 Å². The fraction of sp³-hybridized carbons (Fsp3) is 0.571. The van der Waals surface area contributed by atoms with Crippen LogP contribution in [0.25, 0.3) is 0 Å². The van der Waals surface area contributed by atoms with Crippen LogP contribution in [0.5, 0.6) is 5.75 Å². The summed E-state index contributed by atoms with van der Waals surface area (Å²) in [5.74, 6) is 0.981. The number of hydrogen-bond acceptors (Lipinski definition) is 2. The molecule has 0 spiro atoms. The van der Waals surface area contributed by atoms with E-state index in [1.165, 1.54) is 30.4 Å². The minimum Gasteiger partial charge on any atom is -0.497 e. The highest BCUT2D eigenvalue weighted by Gasteiger charge is 2.17. The number of ether oxygens (including phenoxy) is 1. The van der Waals surface area contributed by atoms with Crippen LogP contribution >= 0.6 is 0 Å². The number of fused-ring (bicyclic) bond motifs is 1. The van der Waals surface area contributed by atoms with Gasteiger partial charge in [-0.05, 0) is 36.1 Å². The van der Waals surface area contributed by atoms with Gasteiger partial charge in [-0.3, -0.25) is 0 Å². The summed E-state index contributed by atoms with van der Waals surface area (Å²) in [5, 5.41) is 3.61. The molecule has 1 atom stereocenters. The predicted molar refractivity (Wildman–Crippen MR) is 66.9 cm³/mol. The zero-order chi connectivity index (χ0) is 11.4. The van der Waals surface area contributed by atoms with E-state index in [1.807, 2.05) is 6.07 Å². The summed E-state index contributed by atoms with van der Waals surface area (Å²) < 4.78 is 5.28. The molecule has 16 heavy (non-hydrogen) atoms. The van der Waals surface area contributed by atoms with Crippen LogP contribution in [0.2, 0.25) is 0 Å². The summed E-state index contributed by atoms with van der Waals surface area (Å²) >= 11 is 0. The van der Waals surface area contributed by atoms with Crippen LogP contribution in [0.15, 0.2) is 18.2 Å². The second-order valence-electron chi connectivity index (χ2n) is 4.56. The van der Waals surface area contributed by atoms with Crippen molar-refractivity contribution >= 4 is 0 Å². The predicted octanol–water partition coefficient (Wildman–Crippen LogP) is 2.90. The van der Waals surface area contributed by atoms with E-state index in [4.69, 9.17) is 4.74 Å². The maximum atomic E-state index is 5.28. The van der Waals surface area contributed by atoms with Crippen LogP contribution in [0, 0.1) is 0 Å². The van der Waals surface area contributed by atoms with E-state index in [-0.39, 0.29) is 0 Å². The first-order valence-electron chi connectivity index (χ1n) is 6.22. The molecule has 2 nitrogen and oxygen atoms in total. The fourth-order valence-corrected chi connectivity index (χ4v) is 2.34. The van der Waals surface area contributed by atoms with E-state index in [1.54, 1.807) is 7.11 Å². The van der Waals surface area contributed by atoms with Gasteiger partial charge in [0.25, 0.3) is 0 Å². The Hall–Kier alpha value is -1.02. The summed E-state index contributed by atoms with van der Waals surface area (Å²) in [6, 6.07) is 7.07. The molecule has 0 fully saturated rings. The Bertz CT molecular complexity index is 349. The maximum Gasteiger partial charge on any atom is 0.119 e. The first-order chi connectivity index (χ1) is 7.83. The third kappa shape index (κ3) is 2.56. The van der Waals surface area contributed by atoms with Crippen LogP contribution in [0.1, 0.15) is 37.3 Å². The average Bonchev–Trinajstić information content (AvgIpc) is 2.35. The summed E-state index contributed by atoms with van der Waals surface area (Å²) in [5.41, 5.74) is 2.88. The lowest BCUT2D eigenvalue weighted by Crippen LogP contribution is -2.35. The Kier molecular flexibility index (Phi) is 3.83. The quantitative estimate of drug-likeness (QED) is 0.840. The molecule has 1 aromatic carbocycles. The molecule has 2 rings (SSSR count). The summed E-state index contributed by atoms with van der Waals surface area (Å²) in [6.07, 6.45) is 5.03. The number of hydrogen-bond donors (Lipinski definition) is 1. The van der Waals surface area contributed by atoms with Gasteiger partial charge in [0.05, 0.1) is 7.11 Å². The molecule has 0 amide bonds. The molecule has 1 aromatic rings. The number of rotatable bonds is 4. The first kappa shape index (κ1) is 11.5. The molecular weight excluding hydrogens is 198 g/mol. The van der Waals surface area contributed by atoms with Gasteiger partial charge in [0.15, 0.2) is 0 Å². The van der Waals surface area contributed by atoms with Crippen molar-refractivity contribution in [3.05, 3.63) is 29.3 Å². The SMILES string of the molecule is CCCC[C@H]1Cc2cc(OC)ccc2CN1. The monoisotopic (exact) mass is 219 g/mol.